The molecule has 1 fully saturated rings. The molecule has 2 rings (SSSR count). The van der Waals surface area contributed by atoms with Crippen LogP contribution in [0.5, 0.6) is 11.5 Å². The van der Waals surface area contributed by atoms with Gasteiger partial charge >= 0.3 is 0 Å². The largest absolute Gasteiger partial charge is 0.493 e. The van der Waals surface area contributed by atoms with Gasteiger partial charge in [-0.25, -0.2) is 4.99 Å². The number of ether oxygens (including phenoxy) is 3. The van der Waals surface area contributed by atoms with E-state index in [2.05, 4.69) is 10.3 Å². The van der Waals surface area contributed by atoms with E-state index in [1.807, 2.05) is 18.2 Å². The maximum atomic E-state index is 5.93. The molecule has 26 heavy (non-hydrogen) atoms. The van der Waals surface area contributed by atoms with E-state index in [4.69, 9.17) is 19.9 Å². The Kier molecular flexibility index (Phi) is 11.4. The van der Waals surface area contributed by atoms with Crippen LogP contribution in [-0.4, -0.2) is 39.4 Å². The molecule has 0 radical (unpaired) electrons. The Morgan fingerprint density at radius 2 is 1.81 bits per heavy atom. The first-order chi connectivity index (χ1) is 12.2. The lowest BCUT2D eigenvalue weighted by Gasteiger charge is -2.15. The molecule has 1 aromatic rings. The van der Waals surface area contributed by atoms with Crippen LogP contribution in [0, 0.1) is 0 Å². The van der Waals surface area contributed by atoms with Crippen molar-refractivity contribution in [3.63, 3.8) is 0 Å². The number of nitrogens with zero attached hydrogens (tertiary/aromatic N) is 1. The van der Waals surface area contributed by atoms with Gasteiger partial charge in [-0.05, 0) is 30.5 Å². The first kappa shape index (κ1) is 22.8. The lowest BCUT2D eigenvalue weighted by atomic mass is 10.1. The smallest absolute Gasteiger partial charge is 0.188 e. The normalized spacial score (nSPS) is 15.7. The van der Waals surface area contributed by atoms with Gasteiger partial charge in [-0.2, -0.15) is 0 Å². The first-order valence-electron chi connectivity index (χ1n) is 9.09. The molecule has 0 heterocycles. The highest BCUT2D eigenvalue weighted by Crippen LogP contribution is 2.27. The zero-order valence-corrected chi connectivity index (χ0v) is 18.2. The summed E-state index contributed by atoms with van der Waals surface area (Å²) in [5, 5.41) is 3.11. The number of methoxy groups -OCH3 is 2. The third-order valence-electron chi connectivity index (χ3n) is 4.44. The molecule has 0 spiro atoms. The summed E-state index contributed by atoms with van der Waals surface area (Å²) in [5.41, 5.74) is 6.93. The van der Waals surface area contributed by atoms with Crippen molar-refractivity contribution in [3.8, 4) is 11.5 Å². The van der Waals surface area contributed by atoms with Crippen LogP contribution in [0.4, 0.5) is 0 Å². The van der Waals surface area contributed by atoms with Crippen molar-refractivity contribution >= 4 is 29.9 Å². The topological polar surface area (TPSA) is 78.1 Å². The van der Waals surface area contributed by atoms with E-state index in [0.29, 0.717) is 43.3 Å². The lowest BCUT2D eigenvalue weighted by molar-refractivity contribution is 0.0468. The molecule has 0 amide bonds. The molecular formula is C19H32IN3O3. The third kappa shape index (κ3) is 7.99. The Morgan fingerprint density at radius 3 is 2.46 bits per heavy atom. The van der Waals surface area contributed by atoms with E-state index in [0.717, 1.165) is 5.56 Å². The van der Waals surface area contributed by atoms with Crippen LogP contribution in [0.2, 0.25) is 0 Å². The highest BCUT2D eigenvalue weighted by Gasteiger charge is 2.12. The van der Waals surface area contributed by atoms with Gasteiger partial charge in [-0.15, -0.1) is 24.0 Å². The summed E-state index contributed by atoms with van der Waals surface area (Å²) in [5.74, 6) is 1.83. The van der Waals surface area contributed by atoms with Crippen LogP contribution in [0.15, 0.2) is 23.2 Å². The van der Waals surface area contributed by atoms with Crippen molar-refractivity contribution in [2.75, 3.05) is 27.4 Å². The minimum atomic E-state index is 0. The van der Waals surface area contributed by atoms with E-state index in [1.165, 1.54) is 38.5 Å². The molecule has 1 aliphatic rings. The van der Waals surface area contributed by atoms with Crippen LogP contribution in [-0.2, 0) is 11.3 Å². The molecule has 0 atom stereocenters. The van der Waals surface area contributed by atoms with E-state index in [9.17, 15) is 0 Å². The predicted molar refractivity (Wildman–Crippen MR) is 116 cm³/mol. The SMILES string of the molecule is COc1ccc(CN=C(N)NCCOC2CCCCCC2)cc1OC.I. The molecule has 7 heteroatoms. The summed E-state index contributed by atoms with van der Waals surface area (Å²) in [7, 11) is 3.24. The molecule has 148 valence electrons. The van der Waals surface area contributed by atoms with Gasteiger partial charge in [-0.3, -0.25) is 0 Å². The minimum absolute atomic E-state index is 0. The van der Waals surface area contributed by atoms with Crippen LogP contribution >= 0.6 is 24.0 Å². The number of guanidine groups is 1. The van der Waals surface area contributed by atoms with Crippen LogP contribution in [0.25, 0.3) is 0 Å². The second-order valence-corrected chi connectivity index (χ2v) is 6.30. The zero-order chi connectivity index (χ0) is 17.9. The molecule has 0 aliphatic heterocycles. The highest BCUT2D eigenvalue weighted by atomic mass is 127. The number of hydrogen-bond acceptors (Lipinski definition) is 4. The van der Waals surface area contributed by atoms with Gasteiger partial charge in [0.2, 0.25) is 0 Å². The number of rotatable bonds is 8. The van der Waals surface area contributed by atoms with E-state index in [-0.39, 0.29) is 24.0 Å². The standard InChI is InChI=1S/C19H31N3O3.HI/c1-23-17-10-9-15(13-18(17)24-2)14-22-19(20)21-11-12-25-16-7-5-3-4-6-8-16;/h9-10,13,16H,3-8,11-12,14H2,1-2H3,(H3,20,21,22);1H. The summed E-state index contributed by atoms with van der Waals surface area (Å²) in [6.07, 6.45) is 8.03. The molecule has 1 saturated carbocycles. The Hall–Kier alpha value is -1.22. The summed E-state index contributed by atoms with van der Waals surface area (Å²) >= 11 is 0. The fourth-order valence-electron chi connectivity index (χ4n) is 3.02. The Labute approximate surface area is 173 Å². The minimum Gasteiger partial charge on any atom is -0.493 e. The van der Waals surface area contributed by atoms with Crippen LogP contribution in [0.1, 0.15) is 44.1 Å². The molecular weight excluding hydrogens is 445 g/mol. The highest BCUT2D eigenvalue weighted by molar-refractivity contribution is 14.0. The Balaban J connectivity index is 0.00000338. The Morgan fingerprint density at radius 1 is 1.12 bits per heavy atom. The summed E-state index contributed by atoms with van der Waals surface area (Å²) in [6, 6.07) is 5.73. The van der Waals surface area contributed by atoms with Gasteiger partial charge in [0.1, 0.15) is 0 Å². The monoisotopic (exact) mass is 477 g/mol. The number of hydrogen-bond donors (Lipinski definition) is 2. The van der Waals surface area contributed by atoms with Crippen molar-refractivity contribution < 1.29 is 14.2 Å². The fraction of sp³-hybridized carbons (Fsp3) is 0.632. The van der Waals surface area contributed by atoms with Crippen molar-refractivity contribution in [2.24, 2.45) is 10.7 Å². The molecule has 6 nitrogen and oxygen atoms in total. The van der Waals surface area contributed by atoms with Crippen LogP contribution < -0.4 is 20.5 Å². The fourth-order valence-corrected chi connectivity index (χ4v) is 3.02. The summed E-state index contributed by atoms with van der Waals surface area (Å²) in [4.78, 5) is 4.36. The third-order valence-corrected chi connectivity index (χ3v) is 4.44. The predicted octanol–water partition coefficient (Wildman–Crippen LogP) is 3.47. The average Bonchev–Trinajstić information content (AvgIpc) is 2.92. The van der Waals surface area contributed by atoms with Crippen molar-refractivity contribution in [3.05, 3.63) is 23.8 Å². The van der Waals surface area contributed by atoms with E-state index in [1.54, 1.807) is 14.2 Å². The van der Waals surface area contributed by atoms with Gasteiger partial charge in [0, 0.05) is 6.54 Å². The second-order valence-electron chi connectivity index (χ2n) is 6.30. The second kappa shape index (κ2) is 13.0. The van der Waals surface area contributed by atoms with Crippen molar-refractivity contribution in [2.45, 2.75) is 51.2 Å². The zero-order valence-electron chi connectivity index (χ0n) is 15.8. The van der Waals surface area contributed by atoms with Gasteiger partial charge in [-0.1, -0.05) is 31.7 Å². The van der Waals surface area contributed by atoms with E-state index < -0.39 is 0 Å². The maximum Gasteiger partial charge on any atom is 0.188 e. The molecule has 1 aliphatic carbocycles. The molecule has 0 bridgehead atoms. The van der Waals surface area contributed by atoms with Crippen molar-refractivity contribution in [1.82, 2.24) is 5.32 Å². The number of halogens is 1. The summed E-state index contributed by atoms with van der Waals surface area (Å²) in [6.45, 7) is 1.83. The molecule has 3 N–H and O–H groups in total. The quantitative estimate of drug-likeness (QED) is 0.197. The van der Waals surface area contributed by atoms with Gasteiger partial charge in [0.25, 0.3) is 0 Å². The number of nitrogens with one attached hydrogen (secondary N) is 1. The average molecular weight is 477 g/mol. The maximum absolute atomic E-state index is 5.93. The summed E-state index contributed by atoms with van der Waals surface area (Å²) < 4.78 is 16.4. The van der Waals surface area contributed by atoms with E-state index >= 15 is 0 Å². The molecule has 0 unspecified atom stereocenters. The number of nitrogens with two attached hydrogens (primary N) is 1. The molecule has 0 saturated heterocycles. The first-order valence-corrected chi connectivity index (χ1v) is 9.09. The number of aliphatic imine (C=N–C) groups is 1. The van der Waals surface area contributed by atoms with Gasteiger partial charge in [0.05, 0.1) is 33.5 Å². The molecule has 1 aromatic carbocycles. The van der Waals surface area contributed by atoms with Gasteiger partial charge in [0.15, 0.2) is 17.5 Å². The molecule has 0 aromatic heterocycles. The van der Waals surface area contributed by atoms with Crippen molar-refractivity contribution in [1.29, 1.82) is 0 Å². The number of benzene rings is 1. The lowest BCUT2D eigenvalue weighted by Crippen LogP contribution is -2.34. The Bertz CT molecular complexity index is 547. The van der Waals surface area contributed by atoms with Crippen LogP contribution in [0.3, 0.4) is 0 Å². The van der Waals surface area contributed by atoms with Gasteiger partial charge < -0.3 is 25.3 Å².